The molecule has 0 bridgehead atoms. The summed E-state index contributed by atoms with van der Waals surface area (Å²) >= 11 is 1.88. The SMILES string of the molecule is c1ccc2cc(-c3c4ccccc4c(-c4ccc5c(c4)sc4ccccc45)c4ccccc34)ccc2c1. The molecule has 1 aromatic heterocycles. The van der Waals surface area contributed by atoms with Gasteiger partial charge in [0.25, 0.3) is 0 Å². The van der Waals surface area contributed by atoms with E-state index in [-0.39, 0.29) is 0 Å². The van der Waals surface area contributed by atoms with Crippen LogP contribution in [0.2, 0.25) is 0 Å². The van der Waals surface area contributed by atoms with Gasteiger partial charge < -0.3 is 0 Å². The molecule has 0 atom stereocenters. The molecular formula is C36H22S. The van der Waals surface area contributed by atoms with Gasteiger partial charge in [0.1, 0.15) is 0 Å². The Bertz CT molecular complexity index is 2090. The van der Waals surface area contributed by atoms with Crippen molar-refractivity contribution in [3.63, 3.8) is 0 Å². The molecule has 1 heterocycles. The lowest BCUT2D eigenvalue weighted by Gasteiger charge is -2.18. The van der Waals surface area contributed by atoms with Gasteiger partial charge in [-0.2, -0.15) is 0 Å². The van der Waals surface area contributed by atoms with Gasteiger partial charge in [-0.1, -0.05) is 115 Å². The van der Waals surface area contributed by atoms with Gasteiger partial charge in [0.15, 0.2) is 0 Å². The van der Waals surface area contributed by atoms with Gasteiger partial charge in [-0.25, -0.2) is 0 Å². The Kier molecular flexibility index (Phi) is 4.49. The highest BCUT2D eigenvalue weighted by molar-refractivity contribution is 7.25. The van der Waals surface area contributed by atoms with E-state index in [1.165, 1.54) is 74.7 Å². The predicted molar refractivity (Wildman–Crippen MR) is 163 cm³/mol. The minimum atomic E-state index is 1.26. The first-order valence-electron chi connectivity index (χ1n) is 12.7. The van der Waals surface area contributed by atoms with E-state index in [0.717, 1.165) is 0 Å². The maximum atomic E-state index is 2.39. The zero-order valence-electron chi connectivity index (χ0n) is 20.1. The van der Waals surface area contributed by atoms with Crippen LogP contribution in [0.3, 0.4) is 0 Å². The maximum absolute atomic E-state index is 2.39. The monoisotopic (exact) mass is 486 g/mol. The number of hydrogen-bond donors (Lipinski definition) is 0. The lowest BCUT2D eigenvalue weighted by atomic mass is 9.85. The van der Waals surface area contributed by atoms with Crippen molar-refractivity contribution in [3.8, 4) is 22.3 Å². The molecule has 7 aromatic carbocycles. The Balaban J connectivity index is 1.47. The quantitative estimate of drug-likeness (QED) is 0.213. The number of benzene rings is 7. The summed E-state index contributed by atoms with van der Waals surface area (Å²) in [4.78, 5) is 0. The van der Waals surface area contributed by atoms with E-state index in [1.807, 2.05) is 11.3 Å². The molecule has 0 N–H and O–H groups in total. The van der Waals surface area contributed by atoms with E-state index in [2.05, 4.69) is 133 Å². The highest BCUT2D eigenvalue weighted by atomic mass is 32.1. The van der Waals surface area contributed by atoms with E-state index in [9.17, 15) is 0 Å². The summed E-state index contributed by atoms with van der Waals surface area (Å²) in [5.41, 5.74) is 5.16. The van der Waals surface area contributed by atoms with Crippen LogP contribution in [0.1, 0.15) is 0 Å². The van der Waals surface area contributed by atoms with Gasteiger partial charge in [-0.05, 0) is 72.8 Å². The normalized spacial score (nSPS) is 11.8. The Morgan fingerprint density at radius 2 is 0.811 bits per heavy atom. The summed E-state index contributed by atoms with van der Waals surface area (Å²) in [5.74, 6) is 0. The molecule has 8 aromatic rings. The van der Waals surface area contributed by atoms with Crippen LogP contribution < -0.4 is 0 Å². The van der Waals surface area contributed by atoms with Crippen molar-refractivity contribution in [3.05, 3.63) is 133 Å². The molecule has 172 valence electrons. The van der Waals surface area contributed by atoms with Gasteiger partial charge in [-0.15, -0.1) is 11.3 Å². The molecule has 0 spiro atoms. The van der Waals surface area contributed by atoms with E-state index >= 15 is 0 Å². The average Bonchev–Trinajstić information content (AvgIpc) is 3.33. The first-order chi connectivity index (χ1) is 18.3. The van der Waals surface area contributed by atoms with Gasteiger partial charge in [0.2, 0.25) is 0 Å². The first-order valence-corrected chi connectivity index (χ1v) is 13.5. The van der Waals surface area contributed by atoms with E-state index in [1.54, 1.807) is 0 Å². The van der Waals surface area contributed by atoms with Crippen molar-refractivity contribution in [1.29, 1.82) is 0 Å². The molecule has 1 heteroatoms. The summed E-state index contributed by atoms with van der Waals surface area (Å²) in [6, 6.07) is 49.0. The molecule has 0 radical (unpaired) electrons. The minimum Gasteiger partial charge on any atom is -0.135 e. The fourth-order valence-corrected chi connectivity index (χ4v) is 7.12. The summed E-state index contributed by atoms with van der Waals surface area (Å²) in [5, 5.41) is 10.4. The van der Waals surface area contributed by atoms with E-state index in [4.69, 9.17) is 0 Å². The van der Waals surface area contributed by atoms with Crippen LogP contribution in [0.4, 0.5) is 0 Å². The highest BCUT2D eigenvalue weighted by Crippen LogP contribution is 2.45. The number of hydrogen-bond acceptors (Lipinski definition) is 1. The third-order valence-corrected chi connectivity index (χ3v) is 8.77. The fourth-order valence-electron chi connectivity index (χ4n) is 5.98. The van der Waals surface area contributed by atoms with Crippen LogP contribution in [0.25, 0.3) is 74.7 Å². The Morgan fingerprint density at radius 3 is 1.49 bits per heavy atom. The average molecular weight is 487 g/mol. The summed E-state index contributed by atoms with van der Waals surface area (Å²) in [7, 11) is 0. The van der Waals surface area contributed by atoms with Crippen molar-refractivity contribution >= 4 is 63.8 Å². The Hall–Kier alpha value is -4.46. The van der Waals surface area contributed by atoms with Gasteiger partial charge in [0.05, 0.1) is 0 Å². The van der Waals surface area contributed by atoms with Crippen LogP contribution in [0, 0.1) is 0 Å². The number of fused-ring (bicyclic) bond motifs is 6. The highest BCUT2D eigenvalue weighted by Gasteiger charge is 2.17. The van der Waals surface area contributed by atoms with Crippen molar-refractivity contribution in [1.82, 2.24) is 0 Å². The summed E-state index contributed by atoms with van der Waals surface area (Å²) < 4.78 is 2.68. The molecule has 0 nitrogen and oxygen atoms in total. The minimum absolute atomic E-state index is 1.26. The molecule has 37 heavy (non-hydrogen) atoms. The van der Waals surface area contributed by atoms with Crippen molar-refractivity contribution in [2.45, 2.75) is 0 Å². The standard InChI is InChI=1S/C36H22S/c1-2-10-24-21-25(18-17-23(24)9-1)35-29-12-3-5-14-31(29)36(32-15-6-4-13-30(32)35)26-19-20-28-27-11-7-8-16-33(27)37-34(28)22-26/h1-22H. The Labute approximate surface area is 219 Å². The molecule has 0 fully saturated rings. The van der Waals surface area contributed by atoms with Gasteiger partial charge in [0, 0.05) is 20.2 Å². The molecule has 0 unspecified atom stereocenters. The molecular weight excluding hydrogens is 464 g/mol. The van der Waals surface area contributed by atoms with Gasteiger partial charge >= 0.3 is 0 Å². The van der Waals surface area contributed by atoms with Crippen LogP contribution >= 0.6 is 11.3 Å². The molecule has 0 saturated carbocycles. The predicted octanol–water partition coefficient (Wildman–Crippen LogP) is 10.8. The molecule has 0 aliphatic rings. The largest absolute Gasteiger partial charge is 0.135 e. The van der Waals surface area contributed by atoms with E-state index in [0.29, 0.717) is 0 Å². The number of thiophene rings is 1. The van der Waals surface area contributed by atoms with Crippen LogP contribution in [-0.2, 0) is 0 Å². The van der Waals surface area contributed by atoms with Gasteiger partial charge in [-0.3, -0.25) is 0 Å². The van der Waals surface area contributed by atoms with Crippen LogP contribution in [-0.4, -0.2) is 0 Å². The summed E-state index contributed by atoms with van der Waals surface area (Å²) in [6.45, 7) is 0. The molecule has 0 saturated heterocycles. The molecule has 0 aliphatic carbocycles. The Morgan fingerprint density at radius 1 is 0.324 bits per heavy atom. The molecule has 0 amide bonds. The van der Waals surface area contributed by atoms with E-state index < -0.39 is 0 Å². The zero-order chi connectivity index (χ0) is 24.3. The second kappa shape index (κ2) is 8.03. The maximum Gasteiger partial charge on any atom is 0.0361 e. The van der Waals surface area contributed by atoms with Crippen molar-refractivity contribution < 1.29 is 0 Å². The third kappa shape index (κ3) is 3.15. The first kappa shape index (κ1) is 20.7. The lowest BCUT2D eigenvalue weighted by molar-refractivity contribution is 1.69. The van der Waals surface area contributed by atoms with Crippen LogP contribution in [0.5, 0.6) is 0 Å². The zero-order valence-corrected chi connectivity index (χ0v) is 20.9. The smallest absolute Gasteiger partial charge is 0.0361 e. The second-order valence-electron chi connectivity index (χ2n) is 9.71. The molecule has 0 aliphatic heterocycles. The van der Waals surface area contributed by atoms with Crippen LogP contribution in [0.15, 0.2) is 133 Å². The number of rotatable bonds is 2. The van der Waals surface area contributed by atoms with Crippen molar-refractivity contribution in [2.75, 3.05) is 0 Å². The summed E-state index contributed by atoms with van der Waals surface area (Å²) in [6.07, 6.45) is 0. The second-order valence-corrected chi connectivity index (χ2v) is 10.8. The third-order valence-electron chi connectivity index (χ3n) is 7.64. The lowest BCUT2D eigenvalue weighted by Crippen LogP contribution is -1.90. The fraction of sp³-hybridized carbons (Fsp3) is 0. The molecule has 8 rings (SSSR count). The van der Waals surface area contributed by atoms with Crippen molar-refractivity contribution in [2.24, 2.45) is 0 Å². The topological polar surface area (TPSA) is 0 Å².